The second-order valence-electron chi connectivity index (χ2n) is 4.23. The van der Waals surface area contributed by atoms with E-state index in [1.54, 1.807) is 6.20 Å². The van der Waals surface area contributed by atoms with Crippen LogP contribution in [0.1, 0.15) is 37.2 Å². The van der Waals surface area contributed by atoms with E-state index in [4.69, 9.17) is 0 Å². The molecule has 0 bridgehead atoms. The molecule has 0 aliphatic heterocycles. The third kappa shape index (κ3) is 4.09. The number of aromatic nitrogens is 2. The number of nitrogens with zero attached hydrogens (tertiary/aromatic N) is 2. The van der Waals surface area contributed by atoms with Crippen LogP contribution >= 0.6 is 11.8 Å². The summed E-state index contributed by atoms with van der Waals surface area (Å²) >= 11 is 1.85. The van der Waals surface area contributed by atoms with Crippen molar-refractivity contribution < 1.29 is 9.53 Å². The minimum Gasteiger partial charge on any atom is -0.464 e. The Labute approximate surface area is 118 Å². The molecule has 1 rings (SSSR count). The van der Waals surface area contributed by atoms with Crippen LogP contribution in [0.2, 0.25) is 0 Å². The third-order valence-corrected chi connectivity index (χ3v) is 4.93. The highest BCUT2D eigenvalue weighted by molar-refractivity contribution is 8.00. The summed E-state index contributed by atoms with van der Waals surface area (Å²) < 4.78 is 4.81. The molecule has 0 fully saturated rings. The lowest BCUT2D eigenvalue weighted by Gasteiger charge is -2.29. The molecule has 1 N–H and O–H groups in total. The molecule has 0 radical (unpaired) electrons. The smallest absolute Gasteiger partial charge is 0.358 e. The van der Waals surface area contributed by atoms with Crippen molar-refractivity contribution in [3.8, 4) is 0 Å². The molecule has 6 heteroatoms. The molecular formula is C13H21N3O2S. The van der Waals surface area contributed by atoms with Crippen molar-refractivity contribution in [1.29, 1.82) is 0 Å². The predicted molar refractivity (Wildman–Crippen MR) is 78.7 cm³/mol. The molecule has 19 heavy (non-hydrogen) atoms. The summed E-state index contributed by atoms with van der Waals surface area (Å²) in [5.74, 6) is 0.126. The van der Waals surface area contributed by atoms with Crippen molar-refractivity contribution in [1.82, 2.24) is 9.97 Å². The Balaban J connectivity index is 2.75. The zero-order valence-electron chi connectivity index (χ0n) is 11.9. The lowest BCUT2D eigenvalue weighted by atomic mass is 10.0. The van der Waals surface area contributed by atoms with Crippen LogP contribution in [0, 0.1) is 0 Å². The van der Waals surface area contributed by atoms with Gasteiger partial charge in [-0.2, -0.15) is 11.8 Å². The number of methoxy groups -OCH3 is 1. The van der Waals surface area contributed by atoms with Gasteiger partial charge in [-0.05, 0) is 19.1 Å². The number of rotatable bonds is 7. The number of carbonyl (C=O) groups is 1. The van der Waals surface area contributed by atoms with E-state index >= 15 is 0 Å². The predicted octanol–water partition coefficient (Wildman–Crippen LogP) is 2.60. The molecule has 0 saturated carbocycles. The van der Waals surface area contributed by atoms with Gasteiger partial charge in [0.1, 0.15) is 5.82 Å². The lowest BCUT2D eigenvalue weighted by Crippen LogP contribution is -2.32. The number of carbonyl (C=O) groups excluding carboxylic acids is 1. The highest BCUT2D eigenvalue weighted by Gasteiger charge is 2.24. The van der Waals surface area contributed by atoms with E-state index in [0.29, 0.717) is 5.82 Å². The first kappa shape index (κ1) is 15.8. The van der Waals surface area contributed by atoms with Gasteiger partial charge in [0, 0.05) is 11.3 Å². The quantitative estimate of drug-likeness (QED) is 0.776. The monoisotopic (exact) mass is 283 g/mol. The number of esters is 1. The molecule has 0 aliphatic carbocycles. The standard InChI is InChI=1S/C13H21N3O2S/c1-5-13(6-2,19-4)9-15-11-8-14-7-10(16-11)12(17)18-3/h7-8H,5-6,9H2,1-4H3,(H,15,16). The van der Waals surface area contributed by atoms with Crippen molar-refractivity contribution in [3.05, 3.63) is 18.1 Å². The number of hydrogen-bond donors (Lipinski definition) is 1. The maximum absolute atomic E-state index is 11.4. The zero-order valence-corrected chi connectivity index (χ0v) is 12.7. The highest BCUT2D eigenvalue weighted by Crippen LogP contribution is 2.30. The van der Waals surface area contributed by atoms with Crippen molar-refractivity contribution in [2.45, 2.75) is 31.4 Å². The van der Waals surface area contributed by atoms with Crippen LogP contribution in [0.25, 0.3) is 0 Å². The summed E-state index contributed by atoms with van der Waals surface area (Å²) in [4.78, 5) is 19.6. The van der Waals surface area contributed by atoms with Gasteiger partial charge in [0.2, 0.25) is 0 Å². The van der Waals surface area contributed by atoms with Crippen molar-refractivity contribution in [3.63, 3.8) is 0 Å². The molecule has 0 spiro atoms. The molecule has 5 nitrogen and oxygen atoms in total. The fourth-order valence-electron chi connectivity index (χ4n) is 1.77. The Hall–Kier alpha value is -1.30. The van der Waals surface area contributed by atoms with Gasteiger partial charge in [0.05, 0.1) is 19.5 Å². The second kappa shape index (κ2) is 7.33. The lowest BCUT2D eigenvalue weighted by molar-refractivity contribution is 0.0593. The SMILES string of the molecule is CCC(CC)(CNc1cncc(C(=O)OC)n1)SC. The van der Waals surface area contributed by atoms with E-state index in [2.05, 4.69) is 40.1 Å². The molecule has 0 saturated heterocycles. The summed E-state index contributed by atoms with van der Waals surface area (Å²) in [5.41, 5.74) is 0.218. The average Bonchev–Trinajstić information content (AvgIpc) is 2.48. The van der Waals surface area contributed by atoms with E-state index in [1.807, 2.05) is 11.8 Å². The van der Waals surface area contributed by atoms with Gasteiger partial charge in [-0.1, -0.05) is 13.8 Å². The molecule has 1 aromatic heterocycles. The zero-order chi connectivity index (χ0) is 14.3. The Kier molecular flexibility index (Phi) is 6.08. The van der Waals surface area contributed by atoms with Crippen LogP contribution in [0.15, 0.2) is 12.4 Å². The molecule has 0 aromatic carbocycles. The molecule has 0 amide bonds. The number of anilines is 1. The Bertz CT molecular complexity index is 414. The highest BCUT2D eigenvalue weighted by atomic mass is 32.2. The van der Waals surface area contributed by atoms with Crippen molar-refractivity contribution >= 4 is 23.5 Å². The number of hydrogen-bond acceptors (Lipinski definition) is 6. The van der Waals surface area contributed by atoms with Crippen LogP contribution in [0.3, 0.4) is 0 Å². The third-order valence-electron chi connectivity index (χ3n) is 3.34. The van der Waals surface area contributed by atoms with E-state index in [9.17, 15) is 4.79 Å². The second-order valence-corrected chi connectivity index (χ2v) is 5.50. The van der Waals surface area contributed by atoms with Gasteiger partial charge in [-0.15, -0.1) is 0 Å². The number of ether oxygens (including phenoxy) is 1. The number of nitrogens with one attached hydrogen (secondary N) is 1. The minimum atomic E-state index is -0.474. The molecule has 0 unspecified atom stereocenters. The van der Waals surface area contributed by atoms with Crippen molar-refractivity contribution in [2.24, 2.45) is 0 Å². The first-order valence-corrected chi connectivity index (χ1v) is 7.52. The van der Waals surface area contributed by atoms with E-state index in [0.717, 1.165) is 19.4 Å². The van der Waals surface area contributed by atoms with Gasteiger partial charge >= 0.3 is 5.97 Å². The Morgan fingerprint density at radius 1 is 1.42 bits per heavy atom. The maximum Gasteiger partial charge on any atom is 0.358 e. The summed E-state index contributed by atoms with van der Waals surface area (Å²) in [6.45, 7) is 5.15. The van der Waals surface area contributed by atoms with Crippen LogP contribution < -0.4 is 5.32 Å². The topological polar surface area (TPSA) is 64.1 Å². The summed E-state index contributed by atoms with van der Waals surface area (Å²) in [6.07, 6.45) is 7.27. The fraction of sp³-hybridized carbons (Fsp3) is 0.615. The van der Waals surface area contributed by atoms with Crippen LogP contribution in [0.5, 0.6) is 0 Å². The summed E-state index contributed by atoms with van der Waals surface area (Å²) in [7, 11) is 1.33. The van der Waals surface area contributed by atoms with Gasteiger partial charge in [-0.25, -0.2) is 9.78 Å². The van der Waals surface area contributed by atoms with Crippen LogP contribution in [0.4, 0.5) is 5.82 Å². The van der Waals surface area contributed by atoms with Gasteiger partial charge in [0.25, 0.3) is 0 Å². The minimum absolute atomic E-state index is 0.183. The van der Waals surface area contributed by atoms with Crippen LogP contribution in [-0.4, -0.2) is 40.6 Å². The maximum atomic E-state index is 11.4. The summed E-state index contributed by atoms with van der Waals surface area (Å²) in [5, 5.41) is 3.26. The van der Waals surface area contributed by atoms with Gasteiger partial charge in [0.15, 0.2) is 5.69 Å². The van der Waals surface area contributed by atoms with E-state index in [1.165, 1.54) is 13.3 Å². The largest absolute Gasteiger partial charge is 0.464 e. The molecule has 0 aliphatic rings. The van der Waals surface area contributed by atoms with Crippen LogP contribution in [-0.2, 0) is 4.74 Å². The normalized spacial score (nSPS) is 11.2. The fourth-order valence-corrected chi connectivity index (χ4v) is 2.56. The average molecular weight is 283 g/mol. The molecule has 1 heterocycles. The van der Waals surface area contributed by atoms with E-state index in [-0.39, 0.29) is 10.4 Å². The first-order chi connectivity index (χ1) is 9.10. The number of thioether (sulfide) groups is 1. The van der Waals surface area contributed by atoms with Gasteiger partial charge in [-0.3, -0.25) is 4.98 Å². The van der Waals surface area contributed by atoms with Crippen molar-refractivity contribution in [2.75, 3.05) is 25.2 Å². The Morgan fingerprint density at radius 3 is 2.63 bits per heavy atom. The summed E-state index contributed by atoms with van der Waals surface area (Å²) in [6, 6.07) is 0. The molecular weight excluding hydrogens is 262 g/mol. The molecule has 0 atom stereocenters. The first-order valence-electron chi connectivity index (χ1n) is 6.30. The van der Waals surface area contributed by atoms with E-state index < -0.39 is 5.97 Å². The Morgan fingerprint density at radius 2 is 2.11 bits per heavy atom. The van der Waals surface area contributed by atoms with Gasteiger partial charge < -0.3 is 10.1 Å². The molecule has 1 aromatic rings. The molecule has 106 valence electrons.